The number of hydrogen-bond donors (Lipinski definition) is 2. The number of likely N-dealkylation sites (tertiary alicyclic amines) is 1. The van der Waals surface area contributed by atoms with E-state index >= 15 is 0 Å². The largest absolute Gasteiger partial charge is 0.492 e. The van der Waals surface area contributed by atoms with Gasteiger partial charge in [-0.1, -0.05) is 23.7 Å². The van der Waals surface area contributed by atoms with Crippen LogP contribution < -0.4 is 15.8 Å². The summed E-state index contributed by atoms with van der Waals surface area (Å²) in [6.45, 7) is 5.31. The molecule has 0 saturated carbocycles. The molecule has 2 aromatic carbocycles. The summed E-state index contributed by atoms with van der Waals surface area (Å²) in [6, 6.07) is 11.8. The fourth-order valence-corrected chi connectivity index (χ4v) is 3.96. The van der Waals surface area contributed by atoms with Gasteiger partial charge in [0.2, 0.25) is 0 Å². The number of fused-ring (bicyclic) bond motifs is 1. The number of primary amides is 1. The molecule has 2 heterocycles. The maximum Gasteiger partial charge on any atom is 0.295 e. The zero-order chi connectivity index (χ0) is 21.1. The second-order valence-electron chi connectivity index (χ2n) is 7.43. The van der Waals surface area contributed by atoms with Crippen LogP contribution in [0.1, 0.15) is 35.7 Å². The first kappa shape index (κ1) is 20.5. The average Bonchev–Trinajstić information content (AvgIpc) is 3.14. The Labute approximate surface area is 180 Å². The molecule has 0 spiro atoms. The van der Waals surface area contributed by atoms with Crippen molar-refractivity contribution in [3.8, 4) is 5.75 Å². The van der Waals surface area contributed by atoms with Crippen molar-refractivity contribution >= 4 is 34.6 Å². The smallest absolute Gasteiger partial charge is 0.295 e. The molecule has 1 fully saturated rings. The number of piperidine rings is 1. The number of nitrogens with zero attached hydrogens (tertiary/aromatic N) is 2. The van der Waals surface area contributed by atoms with Crippen LogP contribution >= 0.6 is 11.6 Å². The summed E-state index contributed by atoms with van der Waals surface area (Å²) in [5, 5.41) is 4.00. The number of anilines is 1. The molecule has 30 heavy (non-hydrogen) atoms. The summed E-state index contributed by atoms with van der Waals surface area (Å²) in [5.74, 6) is 0.225. The Bertz CT molecular complexity index is 1040. The van der Waals surface area contributed by atoms with Crippen molar-refractivity contribution in [1.29, 1.82) is 0 Å². The minimum atomic E-state index is -0.511. The molecule has 1 aliphatic rings. The number of para-hydroxylation sites is 1. The maximum absolute atomic E-state index is 11.6. The first-order chi connectivity index (χ1) is 14.5. The van der Waals surface area contributed by atoms with E-state index in [9.17, 15) is 4.79 Å². The molecule has 0 aliphatic carbocycles. The summed E-state index contributed by atoms with van der Waals surface area (Å²) >= 11 is 6.18. The zero-order valence-corrected chi connectivity index (χ0v) is 17.6. The highest BCUT2D eigenvalue weighted by atomic mass is 35.5. The van der Waals surface area contributed by atoms with Crippen LogP contribution in [0, 0.1) is 0 Å². The van der Waals surface area contributed by atoms with Crippen LogP contribution in [0.3, 0.4) is 0 Å². The molecule has 1 aromatic heterocycles. The number of benzene rings is 2. The van der Waals surface area contributed by atoms with E-state index in [0.29, 0.717) is 34.3 Å². The topological polar surface area (TPSA) is 93.6 Å². The Kier molecular flexibility index (Phi) is 6.11. The molecule has 0 bridgehead atoms. The summed E-state index contributed by atoms with van der Waals surface area (Å²) in [5.41, 5.74) is 8.03. The van der Waals surface area contributed by atoms with Gasteiger partial charge in [0.25, 0.3) is 11.9 Å². The molecule has 7 nitrogen and oxygen atoms in total. The number of halogens is 1. The fourth-order valence-electron chi connectivity index (χ4n) is 3.79. The highest BCUT2D eigenvalue weighted by molar-refractivity contribution is 6.32. The minimum Gasteiger partial charge on any atom is -0.492 e. The van der Waals surface area contributed by atoms with Gasteiger partial charge in [-0.3, -0.25) is 9.69 Å². The van der Waals surface area contributed by atoms with Crippen LogP contribution in [-0.4, -0.2) is 41.5 Å². The lowest BCUT2D eigenvalue weighted by Crippen LogP contribution is -2.38. The van der Waals surface area contributed by atoms with Gasteiger partial charge in [-0.2, -0.15) is 4.98 Å². The molecule has 3 N–H and O–H groups in total. The average molecular weight is 429 g/mol. The SMILES string of the molecule is CCOc1cc(CN2CCC(Nc3nc4c(C(N)=O)cccc4o3)CC2)ccc1Cl. The van der Waals surface area contributed by atoms with E-state index in [4.69, 9.17) is 26.5 Å². The summed E-state index contributed by atoms with van der Waals surface area (Å²) in [4.78, 5) is 18.4. The van der Waals surface area contributed by atoms with Gasteiger partial charge >= 0.3 is 0 Å². The van der Waals surface area contributed by atoms with Crippen molar-refractivity contribution in [2.75, 3.05) is 25.0 Å². The Morgan fingerprint density at radius 2 is 2.13 bits per heavy atom. The lowest BCUT2D eigenvalue weighted by atomic mass is 10.0. The van der Waals surface area contributed by atoms with Crippen molar-refractivity contribution in [3.63, 3.8) is 0 Å². The zero-order valence-electron chi connectivity index (χ0n) is 16.9. The highest BCUT2D eigenvalue weighted by Gasteiger charge is 2.22. The molecule has 1 saturated heterocycles. The highest BCUT2D eigenvalue weighted by Crippen LogP contribution is 2.27. The fraction of sp³-hybridized carbons (Fsp3) is 0.364. The van der Waals surface area contributed by atoms with Crippen LogP contribution in [0.25, 0.3) is 11.1 Å². The third-order valence-electron chi connectivity index (χ3n) is 5.30. The number of rotatable bonds is 7. The molecule has 1 aliphatic heterocycles. The Morgan fingerprint density at radius 1 is 1.33 bits per heavy atom. The first-order valence-electron chi connectivity index (χ1n) is 10.1. The number of aromatic nitrogens is 1. The number of amides is 1. The van der Waals surface area contributed by atoms with E-state index < -0.39 is 5.91 Å². The summed E-state index contributed by atoms with van der Waals surface area (Å²) in [6.07, 6.45) is 1.93. The minimum absolute atomic E-state index is 0.260. The number of ether oxygens (including phenoxy) is 1. The number of oxazole rings is 1. The van der Waals surface area contributed by atoms with Gasteiger partial charge in [-0.05, 0) is 49.6 Å². The lowest BCUT2D eigenvalue weighted by molar-refractivity contribution is 0.100. The van der Waals surface area contributed by atoms with Crippen molar-refractivity contribution in [1.82, 2.24) is 9.88 Å². The Morgan fingerprint density at radius 3 is 2.87 bits per heavy atom. The summed E-state index contributed by atoms with van der Waals surface area (Å²) in [7, 11) is 0. The normalized spacial score (nSPS) is 15.4. The van der Waals surface area contributed by atoms with Crippen LogP contribution in [0.15, 0.2) is 40.8 Å². The number of nitrogens with two attached hydrogens (primary N) is 1. The van der Waals surface area contributed by atoms with Crippen molar-refractivity contribution in [2.45, 2.75) is 32.4 Å². The Hall–Kier alpha value is -2.77. The quantitative estimate of drug-likeness (QED) is 0.589. The van der Waals surface area contributed by atoms with Gasteiger partial charge in [0.1, 0.15) is 11.3 Å². The molecular weight excluding hydrogens is 404 g/mol. The second kappa shape index (κ2) is 8.93. The van der Waals surface area contributed by atoms with Crippen LogP contribution in [-0.2, 0) is 6.54 Å². The van der Waals surface area contributed by atoms with Gasteiger partial charge in [0, 0.05) is 25.7 Å². The van der Waals surface area contributed by atoms with Gasteiger partial charge in [-0.25, -0.2) is 0 Å². The first-order valence-corrected chi connectivity index (χ1v) is 10.5. The predicted octanol–water partition coefficient (Wildman–Crippen LogP) is 4.06. The maximum atomic E-state index is 11.6. The Balaban J connectivity index is 1.35. The van der Waals surface area contributed by atoms with Crippen LogP contribution in [0.4, 0.5) is 6.01 Å². The van der Waals surface area contributed by atoms with E-state index in [0.717, 1.165) is 38.2 Å². The lowest BCUT2D eigenvalue weighted by Gasteiger charge is -2.32. The van der Waals surface area contributed by atoms with E-state index in [1.165, 1.54) is 5.56 Å². The van der Waals surface area contributed by atoms with Crippen LogP contribution in [0.5, 0.6) is 5.75 Å². The standard InChI is InChI=1S/C22H25ClN4O3/c1-2-29-19-12-14(6-7-17(19)23)13-27-10-8-15(9-11-27)25-22-26-20-16(21(24)28)4-3-5-18(20)30-22/h3-7,12,15H,2,8-11,13H2,1H3,(H2,24,28)(H,25,26). The molecule has 4 rings (SSSR count). The third kappa shape index (κ3) is 4.52. The van der Waals surface area contributed by atoms with Gasteiger partial charge in [0.05, 0.1) is 17.2 Å². The van der Waals surface area contributed by atoms with E-state index in [-0.39, 0.29) is 6.04 Å². The van der Waals surface area contributed by atoms with Crippen molar-refractivity contribution in [2.24, 2.45) is 5.73 Å². The summed E-state index contributed by atoms with van der Waals surface area (Å²) < 4.78 is 11.4. The molecule has 0 atom stereocenters. The van der Waals surface area contributed by atoms with Gasteiger partial charge < -0.3 is 20.2 Å². The van der Waals surface area contributed by atoms with Gasteiger partial charge in [0.15, 0.2) is 5.58 Å². The number of hydrogen-bond acceptors (Lipinski definition) is 6. The molecular formula is C22H25ClN4O3. The molecule has 0 unspecified atom stereocenters. The molecule has 158 valence electrons. The van der Waals surface area contributed by atoms with Crippen molar-refractivity contribution < 1.29 is 13.9 Å². The number of carbonyl (C=O) groups excluding carboxylic acids is 1. The monoisotopic (exact) mass is 428 g/mol. The molecule has 0 radical (unpaired) electrons. The number of nitrogens with one attached hydrogen (secondary N) is 1. The molecule has 8 heteroatoms. The van der Waals surface area contributed by atoms with Crippen LogP contribution in [0.2, 0.25) is 5.02 Å². The third-order valence-corrected chi connectivity index (χ3v) is 5.61. The second-order valence-corrected chi connectivity index (χ2v) is 7.84. The molecule has 3 aromatic rings. The predicted molar refractivity (Wildman–Crippen MR) is 117 cm³/mol. The number of carbonyl (C=O) groups is 1. The van der Waals surface area contributed by atoms with Gasteiger partial charge in [-0.15, -0.1) is 0 Å². The molecule has 1 amide bonds. The van der Waals surface area contributed by atoms with E-state index in [2.05, 4.69) is 15.2 Å². The van der Waals surface area contributed by atoms with E-state index in [1.54, 1.807) is 18.2 Å². The van der Waals surface area contributed by atoms with Crippen molar-refractivity contribution in [3.05, 3.63) is 52.5 Å². The van der Waals surface area contributed by atoms with E-state index in [1.807, 2.05) is 25.1 Å².